The van der Waals surface area contributed by atoms with Crippen LogP contribution in [0.2, 0.25) is 0 Å². The van der Waals surface area contributed by atoms with E-state index in [9.17, 15) is 17.2 Å². The van der Waals surface area contributed by atoms with Crippen LogP contribution in [-0.4, -0.2) is 35.1 Å². The molecule has 3 aromatic heterocycles. The van der Waals surface area contributed by atoms with Gasteiger partial charge in [-0.1, -0.05) is 0 Å². The van der Waals surface area contributed by atoms with Crippen molar-refractivity contribution in [2.45, 2.75) is 4.90 Å². The van der Waals surface area contributed by atoms with E-state index in [1.165, 1.54) is 30.1 Å². The molecule has 0 amide bonds. The van der Waals surface area contributed by atoms with Gasteiger partial charge >= 0.3 is 0 Å². The number of hydrogen-bond donors (Lipinski definition) is 1. The number of nitriles is 1. The van der Waals surface area contributed by atoms with E-state index in [0.29, 0.717) is 23.0 Å². The number of imidazole rings is 1. The van der Waals surface area contributed by atoms with Crippen molar-refractivity contribution in [1.29, 1.82) is 5.26 Å². The van der Waals surface area contributed by atoms with Crippen LogP contribution in [0.5, 0.6) is 5.88 Å². The molecule has 156 valence electrons. The second-order valence-electron chi connectivity index (χ2n) is 6.20. The van der Waals surface area contributed by atoms with Gasteiger partial charge in [0.05, 0.1) is 19.0 Å². The van der Waals surface area contributed by atoms with Crippen LogP contribution in [0.4, 0.5) is 14.5 Å². The molecule has 0 saturated carbocycles. The minimum absolute atomic E-state index is 0.0729. The summed E-state index contributed by atoms with van der Waals surface area (Å²) in [7, 11) is -3.13. The molecule has 4 rings (SSSR count). The number of hydrogen-bond acceptors (Lipinski definition) is 7. The van der Waals surface area contributed by atoms with Crippen molar-refractivity contribution in [3.63, 3.8) is 0 Å². The van der Waals surface area contributed by atoms with E-state index in [1.54, 1.807) is 12.1 Å². The molecule has 0 atom stereocenters. The Balaban J connectivity index is 1.77. The average Bonchev–Trinajstić information content (AvgIpc) is 3.15. The lowest BCUT2D eigenvalue weighted by Gasteiger charge is -2.13. The summed E-state index contributed by atoms with van der Waals surface area (Å²) in [6.07, 6.45) is 2.77. The largest absolute Gasteiger partial charge is 0.480 e. The van der Waals surface area contributed by atoms with Crippen molar-refractivity contribution in [1.82, 2.24) is 19.6 Å². The first kappa shape index (κ1) is 20.2. The van der Waals surface area contributed by atoms with Crippen LogP contribution in [-0.2, 0) is 10.0 Å². The van der Waals surface area contributed by atoms with Gasteiger partial charge in [0.15, 0.2) is 11.3 Å². The Morgan fingerprint density at radius 3 is 2.65 bits per heavy atom. The maximum absolute atomic E-state index is 14.0. The summed E-state index contributed by atoms with van der Waals surface area (Å²) in [5, 5.41) is 13.5. The molecule has 0 aliphatic heterocycles. The normalized spacial score (nSPS) is 11.3. The summed E-state index contributed by atoms with van der Waals surface area (Å²) < 4.78 is 61.1. The number of ether oxygens (including phenoxy) is 1. The highest BCUT2D eigenvalue weighted by atomic mass is 32.2. The summed E-state index contributed by atoms with van der Waals surface area (Å²) in [6, 6.07) is 8.72. The first-order valence-electron chi connectivity index (χ1n) is 8.59. The predicted octanol–water partition coefficient (Wildman–Crippen LogP) is 2.75. The van der Waals surface area contributed by atoms with Crippen molar-refractivity contribution < 1.29 is 21.9 Å². The van der Waals surface area contributed by atoms with Gasteiger partial charge in [0, 0.05) is 17.8 Å². The molecule has 4 aromatic rings. The van der Waals surface area contributed by atoms with Crippen LogP contribution < -0.4 is 9.46 Å². The Hall–Kier alpha value is -4.11. The van der Waals surface area contributed by atoms with Gasteiger partial charge in [-0.3, -0.25) is 4.72 Å². The lowest BCUT2D eigenvalue weighted by Crippen LogP contribution is -2.16. The van der Waals surface area contributed by atoms with E-state index in [0.717, 1.165) is 12.1 Å². The van der Waals surface area contributed by atoms with E-state index in [-0.39, 0.29) is 17.3 Å². The van der Waals surface area contributed by atoms with E-state index in [2.05, 4.69) is 19.8 Å². The zero-order chi connectivity index (χ0) is 22.2. The van der Waals surface area contributed by atoms with Crippen LogP contribution in [0.3, 0.4) is 0 Å². The highest BCUT2D eigenvalue weighted by molar-refractivity contribution is 7.92. The van der Waals surface area contributed by atoms with Gasteiger partial charge in [0.1, 0.15) is 28.3 Å². The lowest BCUT2D eigenvalue weighted by atomic mass is 10.2. The topological polar surface area (TPSA) is 122 Å². The summed E-state index contributed by atoms with van der Waals surface area (Å²) in [5.41, 5.74) is 1.33. The van der Waals surface area contributed by atoms with Crippen molar-refractivity contribution in [2.24, 2.45) is 0 Å². The number of nitrogens with one attached hydrogen (secondary N) is 1. The Morgan fingerprint density at radius 1 is 1.13 bits per heavy atom. The van der Waals surface area contributed by atoms with Crippen molar-refractivity contribution in [3.05, 3.63) is 66.1 Å². The first-order chi connectivity index (χ1) is 14.8. The number of pyridine rings is 1. The molecule has 0 aliphatic rings. The Labute approximate surface area is 174 Å². The molecule has 0 saturated heterocycles. The lowest BCUT2D eigenvalue weighted by molar-refractivity contribution is 0.400. The molecule has 9 nitrogen and oxygen atoms in total. The second-order valence-corrected chi connectivity index (χ2v) is 7.86. The zero-order valence-corrected chi connectivity index (χ0v) is 16.6. The van der Waals surface area contributed by atoms with E-state index in [4.69, 9.17) is 10.00 Å². The highest BCUT2D eigenvalue weighted by Crippen LogP contribution is 2.30. The molecule has 0 bridgehead atoms. The zero-order valence-electron chi connectivity index (χ0n) is 15.7. The van der Waals surface area contributed by atoms with E-state index < -0.39 is 26.6 Å². The van der Waals surface area contributed by atoms with E-state index in [1.807, 2.05) is 6.07 Å². The Kier molecular flexibility index (Phi) is 4.96. The Morgan fingerprint density at radius 2 is 1.94 bits per heavy atom. The Bertz CT molecular complexity index is 1460. The number of nitrogens with zero attached hydrogens (tertiary/aromatic N) is 5. The summed E-state index contributed by atoms with van der Waals surface area (Å²) in [4.78, 5) is 7.38. The fourth-order valence-electron chi connectivity index (χ4n) is 2.82. The molecule has 1 N–H and O–H groups in total. The summed E-state index contributed by atoms with van der Waals surface area (Å²) >= 11 is 0. The van der Waals surface area contributed by atoms with Crippen LogP contribution >= 0.6 is 0 Å². The van der Waals surface area contributed by atoms with Gasteiger partial charge in [0.25, 0.3) is 10.0 Å². The van der Waals surface area contributed by atoms with E-state index >= 15 is 0 Å². The average molecular weight is 442 g/mol. The number of sulfonamides is 1. The molecule has 0 fully saturated rings. The molecular weight excluding hydrogens is 430 g/mol. The third-order valence-electron chi connectivity index (χ3n) is 4.24. The van der Waals surface area contributed by atoms with Gasteiger partial charge in [-0.2, -0.15) is 10.4 Å². The molecular formula is C19H12F2N6O3S. The molecule has 1 aromatic carbocycles. The van der Waals surface area contributed by atoms with Gasteiger partial charge in [0.2, 0.25) is 5.88 Å². The third kappa shape index (κ3) is 3.74. The third-order valence-corrected chi connectivity index (χ3v) is 5.64. The van der Waals surface area contributed by atoms with Crippen LogP contribution in [0, 0.1) is 23.0 Å². The SMILES string of the molecule is COc1ncc(-c2ccc3ncc(C#N)n3n2)cc1NS(=O)(=O)c1ccc(F)cc1F. The molecule has 12 heteroatoms. The molecule has 0 radical (unpaired) electrons. The minimum Gasteiger partial charge on any atom is -0.480 e. The number of fused-ring (bicyclic) bond motifs is 1. The molecule has 0 unspecified atom stereocenters. The number of benzene rings is 1. The number of aromatic nitrogens is 4. The second kappa shape index (κ2) is 7.62. The fraction of sp³-hybridized carbons (Fsp3) is 0.0526. The first-order valence-corrected chi connectivity index (χ1v) is 10.1. The highest BCUT2D eigenvalue weighted by Gasteiger charge is 2.22. The van der Waals surface area contributed by atoms with Gasteiger partial charge in [-0.05, 0) is 30.3 Å². The maximum Gasteiger partial charge on any atom is 0.264 e. The summed E-state index contributed by atoms with van der Waals surface area (Å²) in [6.45, 7) is 0. The standard InChI is InChI=1S/C19H12F2N6O3S/c1-30-19-16(26-31(28,29)17-4-2-12(20)7-14(17)21)6-11(9-24-19)15-3-5-18-23-10-13(8-22)27(18)25-15/h2-7,9-10,26H,1H3. The monoisotopic (exact) mass is 442 g/mol. The summed E-state index contributed by atoms with van der Waals surface area (Å²) in [5.74, 6) is -2.22. The number of methoxy groups -OCH3 is 1. The molecule has 0 spiro atoms. The molecule has 0 aliphatic carbocycles. The number of halogens is 2. The van der Waals surface area contributed by atoms with Crippen molar-refractivity contribution in [3.8, 4) is 23.2 Å². The van der Waals surface area contributed by atoms with Crippen molar-refractivity contribution in [2.75, 3.05) is 11.8 Å². The number of rotatable bonds is 5. The molecule has 3 heterocycles. The maximum atomic E-state index is 14.0. The quantitative estimate of drug-likeness (QED) is 0.504. The van der Waals surface area contributed by atoms with Crippen LogP contribution in [0.15, 0.2) is 53.7 Å². The molecule has 31 heavy (non-hydrogen) atoms. The van der Waals surface area contributed by atoms with Crippen LogP contribution in [0.25, 0.3) is 16.9 Å². The predicted molar refractivity (Wildman–Crippen MR) is 105 cm³/mol. The van der Waals surface area contributed by atoms with Gasteiger partial charge in [-0.15, -0.1) is 0 Å². The van der Waals surface area contributed by atoms with Crippen LogP contribution in [0.1, 0.15) is 5.69 Å². The smallest absolute Gasteiger partial charge is 0.264 e. The van der Waals surface area contributed by atoms with Crippen molar-refractivity contribution >= 4 is 21.4 Å². The number of anilines is 1. The minimum atomic E-state index is -4.42. The van der Waals surface area contributed by atoms with Gasteiger partial charge in [-0.25, -0.2) is 31.7 Å². The van der Waals surface area contributed by atoms with Gasteiger partial charge < -0.3 is 4.74 Å². The fourth-order valence-corrected chi connectivity index (χ4v) is 3.93.